The first kappa shape index (κ1) is 22.4. The van der Waals surface area contributed by atoms with E-state index >= 15 is 0 Å². The van der Waals surface area contributed by atoms with Crippen molar-refractivity contribution in [1.82, 2.24) is 20.5 Å². The fraction of sp³-hybridized carbons (Fsp3) is 0.524. The summed E-state index contributed by atoms with van der Waals surface area (Å²) in [7, 11) is 1.37. The lowest BCUT2D eigenvalue weighted by Crippen LogP contribution is -2.53. The highest BCUT2D eigenvalue weighted by molar-refractivity contribution is 5.74. The Hall–Kier alpha value is -3.30. The minimum Gasteiger partial charge on any atom is -0.469 e. The maximum Gasteiger partial charge on any atom is 0.407 e. The van der Waals surface area contributed by atoms with Crippen LogP contribution in [0.2, 0.25) is 0 Å². The Morgan fingerprint density at radius 3 is 2.68 bits per heavy atom. The van der Waals surface area contributed by atoms with Crippen LogP contribution in [0.4, 0.5) is 22.2 Å². The zero-order chi connectivity index (χ0) is 22.6. The first-order valence-electron chi connectivity index (χ1n) is 10.2. The molecule has 0 aliphatic carbocycles. The Bertz CT molecular complexity index is 909. The highest BCUT2D eigenvalue weighted by Crippen LogP contribution is 2.26. The van der Waals surface area contributed by atoms with Gasteiger partial charge in [-0.3, -0.25) is 9.89 Å². The summed E-state index contributed by atoms with van der Waals surface area (Å²) in [5.74, 6) is 1.36. The Labute approximate surface area is 181 Å². The number of methoxy groups -OCH3 is 1. The second kappa shape index (κ2) is 9.23. The number of hydrogen-bond acceptors (Lipinski definition) is 8. The molecule has 1 saturated heterocycles. The van der Waals surface area contributed by atoms with Crippen molar-refractivity contribution in [3.05, 3.63) is 30.0 Å². The molecule has 2 aromatic rings. The number of anilines is 3. The van der Waals surface area contributed by atoms with Crippen LogP contribution in [-0.4, -0.2) is 59.1 Å². The van der Waals surface area contributed by atoms with Crippen molar-refractivity contribution in [2.75, 3.05) is 30.4 Å². The van der Waals surface area contributed by atoms with Crippen LogP contribution >= 0.6 is 0 Å². The predicted octanol–water partition coefficient (Wildman–Crippen LogP) is 2.75. The molecule has 0 saturated carbocycles. The first-order chi connectivity index (χ1) is 14.6. The van der Waals surface area contributed by atoms with Gasteiger partial charge in [0, 0.05) is 19.2 Å². The second-order valence-electron chi connectivity index (χ2n) is 8.69. The lowest BCUT2D eigenvalue weighted by atomic mass is 9.94. The standard InChI is InChI=1S/C21H30N6O4/c1-13-8-17(24-16-6-7-22-26-16)25-18(9-13)27-11-14(19(28)30-5)10-15(12-27)23-20(29)31-21(2,3)4/h6-9,14-15H,10-12H2,1-5H3,(H,23,29)(H2,22,24,25,26)/t14-,15+/m0/s1. The molecule has 10 heteroatoms. The van der Waals surface area contributed by atoms with Crippen LogP contribution in [0.25, 0.3) is 0 Å². The molecule has 3 N–H and O–H groups in total. The molecular formula is C21H30N6O4. The minimum atomic E-state index is -0.606. The molecule has 2 aromatic heterocycles. The Balaban J connectivity index is 1.80. The number of H-pyrrole nitrogens is 1. The highest BCUT2D eigenvalue weighted by Gasteiger charge is 2.34. The molecule has 1 fully saturated rings. The number of ether oxygens (including phenoxy) is 2. The lowest BCUT2D eigenvalue weighted by Gasteiger charge is -2.38. The topological polar surface area (TPSA) is 121 Å². The molecule has 31 heavy (non-hydrogen) atoms. The zero-order valence-electron chi connectivity index (χ0n) is 18.6. The van der Waals surface area contributed by atoms with Gasteiger partial charge >= 0.3 is 12.1 Å². The minimum absolute atomic E-state index is 0.293. The summed E-state index contributed by atoms with van der Waals surface area (Å²) in [5, 5.41) is 12.8. The number of aromatic nitrogens is 3. The van der Waals surface area contributed by atoms with Gasteiger partial charge in [0.1, 0.15) is 23.1 Å². The van der Waals surface area contributed by atoms with E-state index in [2.05, 4.69) is 20.8 Å². The largest absolute Gasteiger partial charge is 0.469 e. The van der Waals surface area contributed by atoms with Crippen molar-refractivity contribution in [2.24, 2.45) is 5.92 Å². The van der Waals surface area contributed by atoms with Crippen LogP contribution in [0.1, 0.15) is 32.8 Å². The van der Waals surface area contributed by atoms with Gasteiger partial charge in [0.05, 0.1) is 25.3 Å². The van der Waals surface area contributed by atoms with Crippen molar-refractivity contribution in [3.8, 4) is 0 Å². The molecule has 0 bridgehead atoms. The highest BCUT2D eigenvalue weighted by atomic mass is 16.6. The molecule has 0 unspecified atom stereocenters. The molecule has 2 atom stereocenters. The SMILES string of the molecule is COC(=O)[C@H]1C[C@@H](NC(=O)OC(C)(C)C)CN(c2cc(C)cc(Nc3ccn[nH]3)n2)C1. The van der Waals surface area contributed by atoms with Crippen LogP contribution in [0.3, 0.4) is 0 Å². The third-order valence-corrected chi connectivity index (χ3v) is 4.75. The van der Waals surface area contributed by atoms with Gasteiger partial charge in [-0.2, -0.15) is 5.10 Å². The number of carbonyl (C=O) groups excluding carboxylic acids is 2. The molecule has 0 spiro atoms. The Morgan fingerprint density at radius 1 is 1.26 bits per heavy atom. The number of alkyl carbamates (subject to hydrolysis) is 1. The number of piperidine rings is 1. The van der Waals surface area contributed by atoms with Crippen molar-refractivity contribution in [2.45, 2.75) is 45.8 Å². The lowest BCUT2D eigenvalue weighted by molar-refractivity contribution is -0.145. The number of esters is 1. The van der Waals surface area contributed by atoms with Gasteiger partial charge in [0.15, 0.2) is 0 Å². The van der Waals surface area contributed by atoms with Gasteiger partial charge in [-0.1, -0.05) is 0 Å². The van der Waals surface area contributed by atoms with E-state index in [4.69, 9.17) is 14.5 Å². The van der Waals surface area contributed by atoms with Crippen molar-refractivity contribution >= 4 is 29.5 Å². The van der Waals surface area contributed by atoms with E-state index in [1.165, 1.54) is 7.11 Å². The number of aryl methyl sites for hydroxylation is 1. The van der Waals surface area contributed by atoms with Crippen LogP contribution < -0.4 is 15.5 Å². The zero-order valence-corrected chi connectivity index (χ0v) is 18.6. The van der Waals surface area contributed by atoms with Crippen LogP contribution in [-0.2, 0) is 14.3 Å². The van der Waals surface area contributed by atoms with Gasteiger partial charge in [-0.15, -0.1) is 0 Å². The molecular weight excluding hydrogens is 400 g/mol. The predicted molar refractivity (Wildman–Crippen MR) is 116 cm³/mol. The van der Waals surface area contributed by atoms with Crippen LogP contribution in [0.15, 0.2) is 24.4 Å². The Kier molecular flexibility index (Phi) is 6.67. The molecule has 1 amide bonds. The third kappa shape index (κ3) is 6.34. The van der Waals surface area contributed by atoms with E-state index in [-0.39, 0.29) is 12.0 Å². The molecule has 3 rings (SSSR count). The number of aromatic amines is 1. The second-order valence-corrected chi connectivity index (χ2v) is 8.69. The normalized spacial score (nSPS) is 18.9. The van der Waals surface area contributed by atoms with E-state index in [9.17, 15) is 9.59 Å². The maximum absolute atomic E-state index is 12.3. The maximum atomic E-state index is 12.3. The summed E-state index contributed by atoms with van der Waals surface area (Å²) < 4.78 is 10.4. The van der Waals surface area contributed by atoms with Gasteiger partial charge < -0.3 is 25.0 Å². The number of amides is 1. The van der Waals surface area contributed by atoms with E-state index < -0.39 is 17.6 Å². The first-order valence-corrected chi connectivity index (χ1v) is 10.2. The molecule has 10 nitrogen and oxygen atoms in total. The van der Waals surface area contributed by atoms with Crippen molar-refractivity contribution in [3.63, 3.8) is 0 Å². The quantitative estimate of drug-likeness (QED) is 0.619. The number of hydrogen-bond donors (Lipinski definition) is 3. The number of pyridine rings is 1. The monoisotopic (exact) mass is 430 g/mol. The molecule has 168 valence electrons. The molecule has 3 heterocycles. The average molecular weight is 431 g/mol. The van der Waals surface area contributed by atoms with E-state index in [0.29, 0.717) is 31.1 Å². The summed E-state index contributed by atoms with van der Waals surface area (Å²) in [5.41, 5.74) is 0.398. The van der Waals surface area contributed by atoms with Gasteiger partial charge in [-0.05, 0) is 51.8 Å². The van der Waals surface area contributed by atoms with Crippen molar-refractivity contribution in [1.29, 1.82) is 0 Å². The molecule has 1 aliphatic rings. The summed E-state index contributed by atoms with van der Waals surface area (Å²) in [4.78, 5) is 31.3. The van der Waals surface area contributed by atoms with E-state index in [0.717, 1.165) is 11.4 Å². The Morgan fingerprint density at radius 2 is 2.03 bits per heavy atom. The van der Waals surface area contributed by atoms with Crippen molar-refractivity contribution < 1.29 is 19.1 Å². The van der Waals surface area contributed by atoms with E-state index in [1.54, 1.807) is 12.3 Å². The molecule has 1 aliphatic heterocycles. The summed E-state index contributed by atoms with van der Waals surface area (Å²) in [6, 6.07) is 5.38. The number of nitrogens with one attached hydrogen (secondary N) is 3. The summed E-state index contributed by atoms with van der Waals surface area (Å²) in [6.45, 7) is 8.33. The summed E-state index contributed by atoms with van der Waals surface area (Å²) in [6.07, 6.45) is 1.60. The number of rotatable bonds is 5. The number of carbonyl (C=O) groups is 2. The smallest absolute Gasteiger partial charge is 0.407 e. The molecule has 0 radical (unpaired) electrons. The van der Waals surface area contributed by atoms with Gasteiger partial charge in [-0.25, -0.2) is 9.78 Å². The van der Waals surface area contributed by atoms with Gasteiger partial charge in [0.2, 0.25) is 0 Å². The third-order valence-electron chi connectivity index (χ3n) is 4.75. The fourth-order valence-electron chi connectivity index (χ4n) is 3.54. The molecule has 0 aromatic carbocycles. The fourth-order valence-corrected chi connectivity index (χ4v) is 3.54. The van der Waals surface area contributed by atoms with E-state index in [1.807, 2.05) is 44.7 Å². The average Bonchev–Trinajstić information content (AvgIpc) is 3.18. The van der Waals surface area contributed by atoms with Gasteiger partial charge in [0.25, 0.3) is 0 Å². The number of nitrogens with zero attached hydrogens (tertiary/aromatic N) is 3. The van der Waals surface area contributed by atoms with Crippen LogP contribution in [0, 0.1) is 12.8 Å². The van der Waals surface area contributed by atoms with Crippen LogP contribution in [0.5, 0.6) is 0 Å². The summed E-state index contributed by atoms with van der Waals surface area (Å²) >= 11 is 0.